The molecule has 0 spiro atoms. The molecule has 1 heterocycles. The molecule has 0 aliphatic carbocycles. The van der Waals surface area contributed by atoms with E-state index in [4.69, 9.17) is 0 Å². The lowest BCUT2D eigenvalue weighted by Gasteiger charge is -2.38. The summed E-state index contributed by atoms with van der Waals surface area (Å²) in [5.74, 6) is -0.567. The molecule has 0 aromatic heterocycles. The van der Waals surface area contributed by atoms with Gasteiger partial charge in [0.25, 0.3) is 0 Å². The molecule has 1 N–H and O–H groups in total. The fourth-order valence-corrected chi connectivity index (χ4v) is 4.56. The lowest BCUT2D eigenvalue weighted by atomic mass is 10.0. The van der Waals surface area contributed by atoms with Gasteiger partial charge in [0, 0.05) is 58.5 Å². The molecule has 2 aromatic rings. The average molecular weight is 421 g/mol. The van der Waals surface area contributed by atoms with Crippen LogP contribution >= 0.6 is 0 Å². The summed E-state index contributed by atoms with van der Waals surface area (Å²) in [4.78, 5) is 6.54. The SMILES string of the molecule is CN1CCN(C(CNS(=O)(=O)c2cccc(F)c2)c2ccc(N(C)C)cc2)CC1. The number of anilines is 1. The number of nitrogens with zero attached hydrogens (tertiary/aromatic N) is 3. The molecule has 1 unspecified atom stereocenters. The molecule has 0 radical (unpaired) electrons. The predicted octanol–water partition coefficient (Wildman–Crippen LogP) is 2.16. The Bertz CT molecular complexity index is 911. The van der Waals surface area contributed by atoms with Crippen LogP contribution < -0.4 is 9.62 Å². The van der Waals surface area contributed by atoms with Crippen molar-refractivity contribution in [1.82, 2.24) is 14.5 Å². The highest BCUT2D eigenvalue weighted by atomic mass is 32.2. The zero-order valence-corrected chi connectivity index (χ0v) is 18.0. The van der Waals surface area contributed by atoms with Gasteiger partial charge in [-0.15, -0.1) is 0 Å². The van der Waals surface area contributed by atoms with E-state index in [1.807, 2.05) is 31.1 Å². The monoisotopic (exact) mass is 420 g/mol. The fraction of sp³-hybridized carbons (Fsp3) is 0.429. The van der Waals surface area contributed by atoms with Gasteiger partial charge in [-0.25, -0.2) is 17.5 Å². The van der Waals surface area contributed by atoms with Crippen molar-refractivity contribution >= 4 is 15.7 Å². The van der Waals surface area contributed by atoms with Crippen LogP contribution in [0.1, 0.15) is 11.6 Å². The first kappa shape index (κ1) is 21.7. The van der Waals surface area contributed by atoms with Crippen LogP contribution in [0, 0.1) is 5.82 Å². The molecule has 1 atom stereocenters. The molecule has 0 saturated carbocycles. The molecule has 1 fully saturated rings. The Morgan fingerprint density at radius 1 is 1.07 bits per heavy atom. The molecule has 29 heavy (non-hydrogen) atoms. The summed E-state index contributed by atoms with van der Waals surface area (Å²) in [6.07, 6.45) is 0. The molecule has 0 amide bonds. The maximum absolute atomic E-state index is 13.5. The van der Waals surface area contributed by atoms with Gasteiger partial charge in [0.15, 0.2) is 0 Å². The maximum atomic E-state index is 13.5. The lowest BCUT2D eigenvalue weighted by Crippen LogP contribution is -2.48. The zero-order valence-electron chi connectivity index (χ0n) is 17.2. The summed E-state index contributed by atoms with van der Waals surface area (Å²) in [6, 6.07) is 13.2. The Morgan fingerprint density at radius 2 is 1.72 bits per heavy atom. The van der Waals surface area contributed by atoms with Gasteiger partial charge >= 0.3 is 0 Å². The second kappa shape index (κ2) is 9.21. The van der Waals surface area contributed by atoms with E-state index < -0.39 is 15.8 Å². The highest BCUT2D eigenvalue weighted by Crippen LogP contribution is 2.24. The first-order chi connectivity index (χ1) is 13.8. The second-order valence-electron chi connectivity index (χ2n) is 7.65. The van der Waals surface area contributed by atoms with Gasteiger partial charge in [0.05, 0.1) is 4.90 Å². The topological polar surface area (TPSA) is 55.9 Å². The fourth-order valence-electron chi connectivity index (χ4n) is 3.49. The van der Waals surface area contributed by atoms with Gasteiger partial charge in [0.2, 0.25) is 10.0 Å². The van der Waals surface area contributed by atoms with Crippen LogP contribution in [0.2, 0.25) is 0 Å². The van der Waals surface area contributed by atoms with E-state index in [0.717, 1.165) is 43.5 Å². The van der Waals surface area contributed by atoms with Crippen molar-refractivity contribution in [2.45, 2.75) is 10.9 Å². The van der Waals surface area contributed by atoms with Crippen molar-refractivity contribution in [3.05, 3.63) is 59.9 Å². The van der Waals surface area contributed by atoms with Crippen molar-refractivity contribution in [3.8, 4) is 0 Å². The molecule has 158 valence electrons. The van der Waals surface area contributed by atoms with Gasteiger partial charge in [0.1, 0.15) is 5.82 Å². The number of hydrogen-bond donors (Lipinski definition) is 1. The predicted molar refractivity (Wildman–Crippen MR) is 114 cm³/mol. The molecule has 1 aliphatic rings. The van der Waals surface area contributed by atoms with Crippen molar-refractivity contribution < 1.29 is 12.8 Å². The van der Waals surface area contributed by atoms with Crippen LogP contribution in [0.25, 0.3) is 0 Å². The van der Waals surface area contributed by atoms with E-state index in [2.05, 4.69) is 33.7 Å². The van der Waals surface area contributed by atoms with Crippen LogP contribution in [0.15, 0.2) is 53.4 Å². The summed E-state index contributed by atoms with van der Waals surface area (Å²) in [7, 11) is 2.27. The lowest BCUT2D eigenvalue weighted by molar-refractivity contribution is 0.113. The quantitative estimate of drug-likeness (QED) is 0.744. The van der Waals surface area contributed by atoms with Gasteiger partial charge in [-0.1, -0.05) is 18.2 Å². The molecule has 0 bridgehead atoms. The standard InChI is InChI=1S/C21H29FN4O2S/c1-24(2)19-9-7-17(8-10-19)21(26-13-11-25(3)12-14-26)16-23-29(27,28)20-6-4-5-18(22)15-20/h4-10,15,21,23H,11-14,16H2,1-3H3. The average Bonchev–Trinajstić information content (AvgIpc) is 2.70. The van der Waals surface area contributed by atoms with Gasteiger partial charge < -0.3 is 9.80 Å². The molecule has 3 rings (SSSR count). The minimum Gasteiger partial charge on any atom is -0.378 e. The van der Waals surface area contributed by atoms with Crippen LogP contribution in [0.5, 0.6) is 0 Å². The molecule has 1 aliphatic heterocycles. The molecule has 1 saturated heterocycles. The molecule has 8 heteroatoms. The van der Waals surface area contributed by atoms with Crippen LogP contribution in [0.3, 0.4) is 0 Å². The van der Waals surface area contributed by atoms with E-state index >= 15 is 0 Å². The number of piperazine rings is 1. The first-order valence-electron chi connectivity index (χ1n) is 9.71. The van der Waals surface area contributed by atoms with E-state index in [0.29, 0.717) is 0 Å². The summed E-state index contributed by atoms with van der Waals surface area (Å²) in [5.41, 5.74) is 2.15. The van der Waals surface area contributed by atoms with E-state index in [9.17, 15) is 12.8 Å². The Balaban J connectivity index is 1.81. The summed E-state index contributed by atoms with van der Waals surface area (Å²) in [6.45, 7) is 3.81. The number of benzene rings is 2. The molecular weight excluding hydrogens is 391 g/mol. The van der Waals surface area contributed by atoms with Crippen LogP contribution in [-0.4, -0.2) is 72.1 Å². The number of hydrogen-bond acceptors (Lipinski definition) is 5. The Labute approximate surface area is 173 Å². The number of rotatable bonds is 7. The third kappa shape index (κ3) is 5.54. The van der Waals surface area contributed by atoms with Crippen molar-refractivity contribution in [3.63, 3.8) is 0 Å². The summed E-state index contributed by atoms with van der Waals surface area (Å²) in [5, 5.41) is 0. The van der Waals surface area contributed by atoms with Crippen LogP contribution in [-0.2, 0) is 10.0 Å². The zero-order chi connectivity index (χ0) is 21.0. The Kier molecular flexibility index (Phi) is 6.89. The number of halogens is 1. The third-order valence-electron chi connectivity index (χ3n) is 5.35. The Morgan fingerprint density at radius 3 is 2.31 bits per heavy atom. The van der Waals surface area contributed by atoms with Gasteiger partial charge in [-0.05, 0) is 42.9 Å². The van der Waals surface area contributed by atoms with Crippen molar-refractivity contribution in [2.75, 3.05) is 58.8 Å². The Hall–Kier alpha value is -2.00. The smallest absolute Gasteiger partial charge is 0.240 e. The van der Waals surface area contributed by atoms with E-state index in [1.54, 1.807) is 0 Å². The molecular formula is C21H29FN4O2S. The molecule has 6 nitrogen and oxygen atoms in total. The highest BCUT2D eigenvalue weighted by molar-refractivity contribution is 7.89. The first-order valence-corrected chi connectivity index (χ1v) is 11.2. The highest BCUT2D eigenvalue weighted by Gasteiger charge is 2.26. The third-order valence-corrected chi connectivity index (χ3v) is 6.77. The largest absolute Gasteiger partial charge is 0.378 e. The van der Waals surface area contributed by atoms with E-state index in [1.165, 1.54) is 18.2 Å². The summed E-state index contributed by atoms with van der Waals surface area (Å²) < 4.78 is 41.5. The normalized spacial score (nSPS) is 17.2. The summed E-state index contributed by atoms with van der Waals surface area (Å²) >= 11 is 0. The number of likely N-dealkylation sites (N-methyl/N-ethyl adjacent to an activating group) is 1. The maximum Gasteiger partial charge on any atom is 0.240 e. The molecule has 2 aromatic carbocycles. The van der Waals surface area contributed by atoms with Crippen LogP contribution in [0.4, 0.5) is 10.1 Å². The van der Waals surface area contributed by atoms with Crippen molar-refractivity contribution in [2.24, 2.45) is 0 Å². The minimum atomic E-state index is -3.79. The number of sulfonamides is 1. The van der Waals surface area contributed by atoms with E-state index in [-0.39, 0.29) is 17.5 Å². The van der Waals surface area contributed by atoms with Gasteiger partial charge in [-0.2, -0.15) is 0 Å². The second-order valence-corrected chi connectivity index (χ2v) is 9.42. The van der Waals surface area contributed by atoms with Crippen molar-refractivity contribution in [1.29, 1.82) is 0 Å². The minimum absolute atomic E-state index is 0.0578. The van der Waals surface area contributed by atoms with Gasteiger partial charge in [-0.3, -0.25) is 4.90 Å². The number of nitrogens with one attached hydrogen (secondary N) is 1.